The van der Waals surface area contributed by atoms with Gasteiger partial charge in [0.05, 0.1) is 0 Å². The van der Waals surface area contributed by atoms with Gasteiger partial charge in [-0.25, -0.2) is 9.37 Å². The van der Waals surface area contributed by atoms with Gasteiger partial charge in [0.2, 0.25) is 5.95 Å². The molecule has 0 saturated carbocycles. The van der Waals surface area contributed by atoms with E-state index in [1.807, 2.05) is 13.8 Å². The lowest BCUT2D eigenvalue weighted by Gasteiger charge is -2.15. The molecule has 5 nitrogen and oxygen atoms in total. The fourth-order valence-electron chi connectivity index (χ4n) is 1.83. The van der Waals surface area contributed by atoms with Crippen LogP contribution in [0.25, 0.3) is 0 Å². The van der Waals surface area contributed by atoms with E-state index in [-0.39, 0.29) is 11.9 Å². The second-order valence-electron chi connectivity index (χ2n) is 5.26. The lowest BCUT2D eigenvalue weighted by molar-refractivity contribution is 0.628. The normalized spacial score (nSPS) is 11.7. The molecular formula is C16H20FN5S. The largest absolute Gasteiger partial charge is 0.360 e. The molecule has 0 aliphatic rings. The smallest absolute Gasteiger partial charge is 0.231 e. The summed E-state index contributed by atoms with van der Waals surface area (Å²) in [5.41, 5.74) is 1.54. The Morgan fingerprint density at radius 1 is 1.26 bits per heavy atom. The van der Waals surface area contributed by atoms with Crippen LogP contribution in [0.4, 0.5) is 21.8 Å². The van der Waals surface area contributed by atoms with Crippen molar-refractivity contribution in [2.24, 2.45) is 0 Å². The van der Waals surface area contributed by atoms with Crippen molar-refractivity contribution in [3.05, 3.63) is 41.8 Å². The van der Waals surface area contributed by atoms with Crippen molar-refractivity contribution in [3.63, 3.8) is 0 Å². The predicted molar refractivity (Wildman–Crippen MR) is 95.6 cm³/mol. The van der Waals surface area contributed by atoms with Crippen LogP contribution in [0.2, 0.25) is 0 Å². The highest BCUT2D eigenvalue weighted by molar-refractivity contribution is 7.80. The first-order chi connectivity index (χ1) is 11.0. The second kappa shape index (κ2) is 7.82. The monoisotopic (exact) mass is 333 g/mol. The molecule has 3 N–H and O–H groups in total. The number of halogens is 1. The van der Waals surface area contributed by atoms with Gasteiger partial charge in [-0.15, -0.1) is 0 Å². The fourth-order valence-corrected chi connectivity index (χ4v) is 2.13. The molecule has 0 aliphatic carbocycles. The molecule has 7 heteroatoms. The number of nitrogens with zero attached hydrogens (tertiary/aromatic N) is 2. The van der Waals surface area contributed by atoms with E-state index in [0.717, 1.165) is 17.8 Å². The third-order valence-electron chi connectivity index (χ3n) is 3.19. The molecule has 1 atom stereocenters. The zero-order valence-electron chi connectivity index (χ0n) is 13.4. The Labute approximate surface area is 140 Å². The maximum Gasteiger partial charge on any atom is 0.231 e. The molecular weight excluding hydrogens is 313 g/mol. The number of hydrogen-bond acceptors (Lipinski definition) is 4. The number of rotatable bonds is 5. The van der Waals surface area contributed by atoms with Crippen LogP contribution in [0.15, 0.2) is 30.3 Å². The third-order valence-corrected chi connectivity index (χ3v) is 3.41. The Morgan fingerprint density at radius 3 is 2.61 bits per heavy atom. The Hall–Kier alpha value is -2.28. The van der Waals surface area contributed by atoms with Gasteiger partial charge in [0.15, 0.2) is 5.11 Å². The molecule has 0 bridgehead atoms. The van der Waals surface area contributed by atoms with E-state index in [0.29, 0.717) is 16.9 Å². The van der Waals surface area contributed by atoms with Crippen molar-refractivity contribution >= 4 is 34.8 Å². The lowest BCUT2D eigenvalue weighted by atomic mass is 10.3. The fraction of sp³-hybridized carbons (Fsp3) is 0.312. The summed E-state index contributed by atoms with van der Waals surface area (Å²) in [7, 11) is 0. The summed E-state index contributed by atoms with van der Waals surface area (Å²) in [4.78, 5) is 8.68. The van der Waals surface area contributed by atoms with Gasteiger partial charge >= 0.3 is 0 Å². The van der Waals surface area contributed by atoms with Gasteiger partial charge in [-0.05, 0) is 56.8 Å². The second-order valence-corrected chi connectivity index (χ2v) is 5.67. The summed E-state index contributed by atoms with van der Waals surface area (Å²) in [6.45, 7) is 5.99. The topological polar surface area (TPSA) is 61.9 Å². The molecule has 122 valence electrons. The van der Waals surface area contributed by atoms with Crippen molar-refractivity contribution in [2.75, 3.05) is 10.6 Å². The minimum atomic E-state index is -0.279. The van der Waals surface area contributed by atoms with Crippen LogP contribution in [0, 0.1) is 12.7 Å². The molecule has 0 spiro atoms. The number of benzene rings is 1. The van der Waals surface area contributed by atoms with Gasteiger partial charge < -0.3 is 16.0 Å². The first kappa shape index (κ1) is 17.1. The molecule has 0 unspecified atom stereocenters. The summed E-state index contributed by atoms with van der Waals surface area (Å²) in [6, 6.07) is 8.15. The van der Waals surface area contributed by atoms with Crippen molar-refractivity contribution in [1.29, 1.82) is 0 Å². The zero-order valence-corrected chi connectivity index (χ0v) is 14.2. The average molecular weight is 333 g/mol. The Balaban J connectivity index is 2.09. The van der Waals surface area contributed by atoms with Gasteiger partial charge in [-0.1, -0.05) is 6.92 Å². The van der Waals surface area contributed by atoms with Crippen LogP contribution in [0.1, 0.15) is 26.0 Å². The molecule has 1 aromatic carbocycles. The van der Waals surface area contributed by atoms with E-state index in [1.54, 1.807) is 18.2 Å². The van der Waals surface area contributed by atoms with E-state index in [2.05, 4.69) is 32.8 Å². The van der Waals surface area contributed by atoms with Crippen LogP contribution < -0.4 is 16.0 Å². The molecule has 1 aromatic heterocycles. The van der Waals surface area contributed by atoms with Crippen molar-refractivity contribution < 1.29 is 4.39 Å². The van der Waals surface area contributed by atoms with E-state index < -0.39 is 0 Å². The Bertz CT molecular complexity index is 675. The minimum absolute atomic E-state index is 0.275. The molecule has 0 aliphatic heterocycles. The van der Waals surface area contributed by atoms with Gasteiger partial charge in [0.25, 0.3) is 0 Å². The Kier molecular flexibility index (Phi) is 5.81. The van der Waals surface area contributed by atoms with E-state index in [9.17, 15) is 4.39 Å². The maximum atomic E-state index is 12.9. The summed E-state index contributed by atoms with van der Waals surface area (Å²) < 4.78 is 12.9. The minimum Gasteiger partial charge on any atom is -0.360 e. The number of hydrogen-bond donors (Lipinski definition) is 3. The number of aromatic nitrogens is 2. The SMILES string of the molecule is CC[C@H](C)NC(=S)Nc1nc(C)cc(Nc2ccc(F)cc2)n1. The molecule has 2 rings (SSSR count). The Morgan fingerprint density at radius 2 is 1.96 bits per heavy atom. The molecule has 23 heavy (non-hydrogen) atoms. The van der Waals surface area contributed by atoms with E-state index in [1.165, 1.54) is 12.1 Å². The van der Waals surface area contributed by atoms with Gasteiger partial charge in [-0.3, -0.25) is 0 Å². The molecule has 0 radical (unpaired) electrons. The first-order valence-electron chi connectivity index (χ1n) is 7.42. The van der Waals surface area contributed by atoms with Crippen LogP contribution >= 0.6 is 12.2 Å². The zero-order chi connectivity index (χ0) is 16.8. The van der Waals surface area contributed by atoms with Gasteiger partial charge in [0.1, 0.15) is 11.6 Å². The average Bonchev–Trinajstić information content (AvgIpc) is 2.48. The predicted octanol–water partition coefficient (Wildman–Crippen LogP) is 3.75. The van der Waals surface area contributed by atoms with Crippen molar-refractivity contribution in [2.45, 2.75) is 33.2 Å². The quantitative estimate of drug-likeness (QED) is 0.724. The lowest BCUT2D eigenvalue weighted by Crippen LogP contribution is -2.35. The summed E-state index contributed by atoms with van der Waals surface area (Å²) in [5.74, 6) is 0.742. The van der Waals surface area contributed by atoms with E-state index in [4.69, 9.17) is 12.2 Å². The third kappa shape index (κ3) is 5.45. The van der Waals surface area contributed by atoms with Crippen molar-refractivity contribution in [3.8, 4) is 0 Å². The molecule has 2 aromatic rings. The van der Waals surface area contributed by atoms with Crippen LogP contribution in [-0.4, -0.2) is 21.1 Å². The highest BCUT2D eigenvalue weighted by atomic mass is 32.1. The van der Waals surface area contributed by atoms with Gasteiger partial charge in [0, 0.05) is 23.5 Å². The molecule has 0 saturated heterocycles. The first-order valence-corrected chi connectivity index (χ1v) is 7.83. The van der Waals surface area contributed by atoms with Crippen molar-refractivity contribution in [1.82, 2.24) is 15.3 Å². The number of anilines is 3. The standard InChI is InChI=1S/C16H20FN5S/c1-4-10(2)19-16(23)22-15-18-11(3)9-14(21-15)20-13-7-5-12(17)6-8-13/h5-10H,4H2,1-3H3,(H3,18,19,20,21,22,23)/t10-/m0/s1. The number of nitrogens with one attached hydrogen (secondary N) is 3. The van der Waals surface area contributed by atoms with E-state index >= 15 is 0 Å². The number of thiocarbonyl (C=S) groups is 1. The molecule has 0 amide bonds. The molecule has 1 heterocycles. The maximum absolute atomic E-state index is 12.9. The van der Waals surface area contributed by atoms with Crippen LogP contribution in [0.3, 0.4) is 0 Å². The van der Waals surface area contributed by atoms with Crippen LogP contribution in [0.5, 0.6) is 0 Å². The summed E-state index contributed by atoms with van der Waals surface area (Å²) in [6.07, 6.45) is 0.966. The molecule has 0 fully saturated rings. The van der Waals surface area contributed by atoms with Gasteiger partial charge in [-0.2, -0.15) is 4.98 Å². The highest BCUT2D eigenvalue weighted by Crippen LogP contribution is 2.17. The summed E-state index contributed by atoms with van der Waals surface area (Å²) in [5, 5.41) is 9.73. The summed E-state index contributed by atoms with van der Waals surface area (Å²) >= 11 is 5.24. The number of aryl methyl sites for hydroxylation is 1. The van der Waals surface area contributed by atoms with Crippen LogP contribution in [-0.2, 0) is 0 Å². The highest BCUT2D eigenvalue weighted by Gasteiger charge is 2.07.